The molecule has 0 aliphatic heterocycles. The van der Waals surface area contributed by atoms with Crippen LogP contribution in [-0.2, 0) is 11.0 Å². The number of nitrogens with two attached hydrogens (primary N) is 1. The Morgan fingerprint density at radius 2 is 2.11 bits per heavy atom. The van der Waals surface area contributed by atoms with E-state index in [1.807, 2.05) is 0 Å². The third-order valence-corrected chi connectivity index (χ3v) is 3.24. The maximum absolute atomic E-state index is 12.5. The monoisotopic (exact) mass is 292 g/mol. The number of hydrogen-bond donors (Lipinski definition) is 2. The van der Waals surface area contributed by atoms with Gasteiger partial charge in [-0.05, 0) is 36.9 Å². The highest BCUT2D eigenvalue weighted by atomic mass is 32.2. The molecule has 0 saturated heterocycles. The van der Waals surface area contributed by atoms with E-state index in [0.717, 1.165) is 24.3 Å². The molecule has 0 radical (unpaired) electrons. The first-order valence-corrected chi connectivity index (χ1v) is 6.84. The molecule has 1 amide bonds. The zero-order valence-electron chi connectivity index (χ0n) is 10.2. The van der Waals surface area contributed by atoms with Crippen LogP contribution in [0.15, 0.2) is 24.3 Å². The van der Waals surface area contributed by atoms with E-state index in [0.29, 0.717) is 6.54 Å². The summed E-state index contributed by atoms with van der Waals surface area (Å²) in [6.45, 7) is 0.558. The lowest BCUT2D eigenvalue weighted by atomic mass is 10.2. The number of anilines is 1. The first-order valence-electron chi connectivity index (χ1n) is 5.68. The molecule has 1 aromatic carbocycles. The molecule has 0 heterocycles. The number of rotatable bonds is 6. The zero-order valence-corrected chi connectivity index (χ0v) is 11.0. The summed E-state index contributed by atoms with van der Waals surface area (Å²) in [6.07, 6.45) is -3.60. The van der Waals surface area contributed by atoms with Gasteiger partial charge in [0.25, 0.3) is 0 Å². The molecular weight excluding hydrogens is 277 g/mol. The molecule has 0 aliphatic carbocycles. The van der Waals surface area contributed by atoms with Crippen LogP contribution in [0.2, 0.25) is 0 Å². The summed E-state index contributed by atoms with van der Waals surface area (Å²) >= 11 is 1.40. The zero-order chi connectivity index (χ0) is 14.3. The fraction of sp³-hybridized carbons (Fsp3) is 0.417. The van der Waals surface area contributed by atoms with Gasteiger partial charge >= 0.3 is 6.18 Å². The highest BCUT2D eigenvalue weighted by Crippen LogP contribution is 2.30. The summed E-state index contributed by atoms with van der Waals surface area (Å²) in [5.41, 5.74) is 4.68. The number of alkyl halides is 3. The molecule has 1 rings (SSSR count). The smallest absolute Gasteiger partial charge is 0.330 e. The number of hydrogen-bond acceptors (Lipinski definition) is 3. The number of carbonyl (C=O) groups excluding carboxylic acids is 1. The van der Waals surface area contributed by atoms with Gasteiger partial charge in [0.2, 0.25) is 5.91 Å². The van der Waals surface area contributed by atoms with Crippen molar-refractivity contribution in [1.29, 1.82) is 0 Å². The van der Waals surface area contributed by atoms with Gasteiger partial charge in [-0.1, -0.05) is 6.07 Å². The van der Waals surface area contributed by atoms with Gasteiger partial charge in [0.05, 0.1) is 11.3 Å². The average molecular weight is 292 g/mol. The first-order chi connectivity index (χ1) is 8.93. The van der Waals surface area contributed by atoms with E-state index in [1.54, 1.807) is 0 Å². The topological polar surface area (TPSA) is 55.1 Å². The lowest BCUT2D eigenvalue weighted by Gasteiger charge is -2.09. The van der Waals surface area contributed by atoms with Crippen molar-refractivity contribution in [1.82, 2.24) is 0 Å². The van der Waals surface area contributed by atoms with Crippen LogP contribution < -0.4 is 11.1 Å². The number of nitrogens with one attached hydrogen (secondary N) is 1. The van der Waals surface area contributed by atoms with Crippen LogP contribution in [0.3, 0.4) is 0 Å². The number of benzene rings is 1. The Morgan fingerprint density at radius 3 is 2.74 bits per heavy atom. The van der Waals surface area contributed by atoms with Crippen LogP contribution in [0, 0.1) is 0 Å². The van der Waals surface area contributed by atoms with Crippen LogP contribution in [0.1, 0.15) is 12.0 Å². The van der Waals surface area contributed by atoms with Gasteiger partial charge in [-0.15, -0.1) is 0 Å². The van der Waals surface area contributed by atoms with Gasteiger partial charge in [-0.3, -0.25) is 4.79 Å². The second-order valence-corrected chi connectivity index (χ2v) is 4.93. The molecule has 1 aromatic rings. The van der Waals surface area contributed by atoms with Crippen LogP contribution in [0.4, 0.5) is 18.9 Å². The Bertz CT molecular complexity index is 424. The number of thioether (sulfide) groups is 1. The van der Waals surface area contributed by atoms with Crippen molar-refractivity contribution in [2.75, 3.05) is 23.4 Å². The standard InChI is InChI=1S/C12H15F3N2OS/c13-12(14,15)9-3-1-4-10(7-9)17-11(18)8-19-6-2-5-16/h1,3-4,7H,2,5-6,8,16H2,(H,17,18). The molecule has 0 aliphatic rings. The molecule has 106 valence electrons. The second kappa shape index (κ2) is 7.40. The maximum atomic E-state index is 12.5. The Hall–Kier alpha value is -1.21. The minimum absolute atomic E-state index is 0.152. The van der Waals surface area contributed by atoms with E-state index in [4.69, 9.17) is 5.73 Å². The van der Waals surface area contributed by atoms with Gasteiger partial charge in [0.15, 0.2) is 0 Å². The fourth-order valence-corrected chi connectivity index (χ4v) is 2.09. The van der Waals surface area contributed by atoms with E-state index in [9.17, 15) is 18.0 Å². The Morgan fingerprint density at radius 1 is 1.37 bits per heavy atom. The molecule has 0 atom stereocenters. The second-order valence-electron chi connectivity index (χ2n) is 3.82. The van der Waals surface area contributed by atoms with Crippen molar-refractivity contribution in [3.63, 3.8) is 0 Å². The third kappa shape index (κ3) is 5.98. The molecule has 3 N–H and O–H groups in total. The predicted molar refractivity (Wildman–Crippen MR) is 71.1 cm³/mol. The van der Waals surface area contributed by atoms with Gasteiger partial charge in [0, 0.05) is 5.69 Å². The van der Waals surface area contributed by atoms with Gasteiger partial charge in [-0.25, -0.2) is 0 Å². The number of amides is 1. The lowest BCUT2D eigenvalue weighted by molar-refractivity contribution is -0.137. The highest BCUT2D eigenvalue weighted by Gasteiger charge is 2.30. The molecular formula is C12H15F3N2OS. The summed E-state index contributed by atoms with van der Waals surface area (Å²) in [6, 6.07) is 4.58. The van der Waals surface area contributed by atoms with E-state index < -0.39 is 11.7 Å². The summed E-state index contributed by atoms with van der Waals surface area (Å²) in [4.78, 5) is 11.5. The van der Waals surface area contributed by atoms with Gasteiger partial charge in [-0.2, -0.15) is 24.9 Å². The maximum Gasteiger partial charge on any atom is 0.416 e. The summed E-state index contributed by atoms with van der Waals surface area (Å²) in [7, 11) is 0. The molecule has 0 spiro atoms. The molecule has 19 heavy (non-hydrogen) atoms. The van der Waals surface area contributed by atoms with Crippen molar-refractivity contribution in [3.8, 4) is 0 Å². The van der Waals surface area contributed by atoms with Crippen LogP contribution >= 0.6 is 11.8 Å². The molecule has 7 heteroatoms. The molecule has 0 unspecified atom stereocenters. The van der Waals surface area contributed by atoms with Crippen molar-refractivity contribution in [2.24, 2.45) is 5.73 Å². The Labute approximate surface area is 113 Å². The van der Waals surface area contributed by atoms with E-state index in [-0.39, 0.29) is 17.3 Å². The van der Waals surface area contributed by atoms with Crippen molar-refractivity contribution >= 4 is 23.4 Å². The number of carbonyl (C=O) groups is 1. The number of halogens is 3. The van der Waals surface area contributed by atoms with E-state index in [1.165, 1.54) is 23.9 Å². The third-order valence-electron chi connectivity index (χ3n) is 2.20. The average Bonchev–Trinajstić information content (AvgIpc) is 2.34. The molecule has 0 aromatic heterocycles. The molecule has 0 fully saturated rings. The van der Waals surface area contributed by atoms with Crippen molar-refractivity contribution in [2.45, 2.75) is 12.6 Å². The molecule has 3 nitrogen and oxygen atoms in total. The van der Waals surface area contributed by atoms with Crippen LogP contribution in [0.25, 0.3) is 0 Å². The van der Waals surface area contributed by atoms with Crippen LogP contribution in [-0.4, -0.2) is 24.0 Å². The molecule has 0 bridgehead atoms. The van der Waals surface area contributed by atoms with Gasteiger partial charge in [0.1, 0.15) is 0 Å². The minimum atomic E-state index is -4.41. The van der Waals surface area contributed by atoms with Crippen molar-refractivity contribution < 1.29 is 18.0 Å². The largest absolute Gasteiger partial charge is 0.416 e. The minimum Gasteiger partial charge on any atom is -0.330 e. The summed E-state index contributed by atoms with van der Waals surface area (Å²) < 4.78 is 37.4. The summed E-state index contributed by atoms with van der Waals surface area (Å²) in [5, 5.41) is 2.44. The quantitative estimate of drug-likeness (QED) is 0.793. The Kier molecular flexibility index (Phi) is 6.17. The SMILES string of the molecule is NCCCSCC(=O)Nc1cccc(C(F)(F)F)c1. The van der Waals surface area contributed by atoms with Crippen LogP contribution in [0.5, 0.6) is 0 Å². The lowest BCUT2D eigenvalue weighted by Crippen LogP contribution is -2.15. The molecule has 0 saturated carbocycles. The Balaban J connectivity index is 2.50. The van der Waals surface area contributed by atoms with E-state index in [2.05, 4.69) is 5.32 Å². The van der Waals surface area contributed by atoms with Gasteiger partial charge < -0.3 is 11.1 Å². The predicted octanol–water partition coefficient (Wildman–Crippen LogP) is 2.73. The summed E-state index contributed by atoms with van der Waals surface area (Å²) in [5.74, 6) is 0.643. The van der Waals surface area contributed by atoms with Crippen molar-refractivity contribution in [3.05, 3.63) is 29.8 Å². The van der Waals surface area contributed by atoms with E-state index >= 15 is 0 Å². The highest BCUT2D eigenvalue weighted by molar-refractivity contribution is 7.99. The fourth-order valence-electron chi connectivity index (χ4n) is 1.32. The normalized spacial score (nSPS) is 11.4. The first kappa shape index (κ1) is 15.8.